The molecule has 8 nitrogen and oxygen atoms in total. The molecule has 2 amide bonds. The third-order valence-electron chi connectivity index (χ3n) is 5.03. The fourth-order valence-electron chi connectivity index (χ4n) is 3.50. The molecule has 3 N–H and O–H groups in total. The van der Waals surface area contributed by atoms with Crippen LogP contribution in [0.2, 0.25) is 0 Å². The van der Waals surface area contributed by atoms with Crippen LogP contribution in [0.25, 0.3) is 10.7 Å². The van der Waals surface area contributed by atoms with Crippen molar-refractivity contribution in [2.75, 3.05) is 23.3 Å². The molecule has 9 heteroatoms. The summed E-state index contributed by atoms with van der Waals surface area (Å²) in [6.07, 6.45) is 3.93. The minimum atomic E-state index is -0.525. The normalized spacial score (nSPS) is 13.9. The topological polar surface area (TPSA) is 114 Å². The lowest BCUT2D eigenvalue weighted by atomic mass is 10.1. The van der Waals surface area contributed by atoms with Gasteiger partial charge in [-0.15, -0.1) is 11.3 Å². The second-order valence-corrected chi connectivity index (χ2v) is 8.13. The quantitative estimate of drug-likeness (QED) is 0.599. The van der Waals surface area contributed by atoms with Crippen LogP contribution in [0.15, 0.2) is 40.2 Å². The molecule has 0 spiro atoms. The van der Waals surface area contributed by atoms with Crippen molar-refractivity contribution in [3.63, 3.8) is 0 Å². The highest BCUT2D eigenvalue weighted by Gasteiger charge is 2.18. The van der Waals surface area contributed by atoms with E-state index in [1.54, 1.807) is 12.1 Å². The zero-order valence-electron chi connectivity index (χ0n) is 16.5. The van der Waals surface area contributed by atoms with Gasteiger partial charge in [0, 0.05) is 31.5 Å². The van der Waals surface area contributed by atoms with Gasteiger partial charge in [0.05, 0.1) is 16.3 Å². The van der Waals surface area contributed by atoms with Crippen molar-refractivity contribution in [3.8, 4) is 10.7 Å². The molecule has 156 valence electrons. The monoisotopic (exact) mass is 425 g/mol. The Hall–Kier alpha value is -3.20. The number of nitrogens with two attached hydrogens (primary N) is 1. The number of amides is 2. The van der Waals surface area contributed by atoms with Crippen LogP contribution in [0, 0.1) is 0 Å². The molecule has 30 heavy (non-hydrogen) atoms. The zero-order valence-corrected chi connectivity index (χ0v) is 17.3. The molecule has 3 aromatic rings. The number of nitrogens with zero attached hydrogens (tertiary/aromatic N) is 3. The SMILES string of the molecule is NC(=O)c1ccc(N2CCCCC2)c(NC(=O)CCc2nc(-c3cccs3)no2)c1. The summed E-state index contributed by atoms with van der Waals surface area (Å²) in [5.74, 6) is 0.228. The Balaban J connectivity index is 1.44. The summed E-state index contributed by atoms with van der Waals surface area (Å²) in [7, 11) is 0. The summed E-state index contributed by atoms with van der Waals surface area (Å²) in [5, 5.41) is 8.84. The fraction of sp³-hybridized carbons (Fsp3) is 0.333. The van der Waals surface area contributed by atoms with Gasteiger partial charge in [0.25, 0.3) is 0 Å². The minimum absolute atomic E-state index is 0.187. The first-order valence-corrected chi connectivity index (χ1v) is 10.8. The highest BCUT2D eigenvalue weighted by atomic mass is 32.1. The molecule has 3 heterocycles. The summed E-state index contributed by atoms with van der Waals surface area (Å²) < 4.78 is 5.25. The van der Waals surface area contributed by atoms with E-state index in [0.29, 0.717) is 29.4 Å². The predicted molar refractivity (Wildman–Crippen MR) is 116 cm³/mol. The molecule has 1 aliphatic heterocycles. The number of rotatable bonds is 7. The minimum Gasteiger partial charge on any atom is -0.370 e. The van der Waals surface area contributed by atoms with Crippen LogP contribution in [-0.2, 0) is 11.2 Å². The van der Waals surface area contributed by atoms with E-state index < -0.39 is 5.91 Å². The molecule has 0 radical (unpaired) electrons. The number of aromatic nitrogens is 2. The highest BCUT2D eigenvalue weighted by molar-refractivity contribution is 7.13. The van der Waals surface area contributed by atoms with Crippen LogP contribution in [-0.4, -0.2) is 35.0 Å². The second-order valence-electron chi connectivity index (χ2n) is 7.18. The van der Waals surface area contributed by atoms with Gasteiger partial charge in [0.1, 0.15) is 0 Å². The molecular weight excluding hydrogens is 402 g/mol. The Morgan fingerprint density at radius 2 is 2.03 bits per heavy atom. The number of thiophene rings is 1. The maximum absolute atomic E-state index is 12.6. The van der Waals surface area contributed by atoms with Gasteiger partial charge in [-0.2, -0.15) is 4.98 Å². The lowest BCUT2D eigenvalue weighted by Gasteiger charge is -2.30. The Bertz CT molecular complexity index is 1030. The third-order valence-corrected chi connectivity index (χ3v) is 5.89. The van der Waals surface area contributed by atoms with Gasteiger partial charge < -0.3 is 20.5 Å². The van der Waals surface area contributed by atoms with Crippen molar-refractivity contribution < 1.29 is 14.1 Å². The van der Waals surface area contributed by atoms with E-state index in [4.69, 9.17) is 10.3 Å². The van der Waals surface area contributed by atoms with Crippen LogP contribution in [0.3, 0.4) is 0 Å². The van der Waals surface area contributed by atoms with Crippen molar-refractivity contribution in [3.05, 3.63) is 47.2 Å². The molecule has 1 aliphatic rings. The van der Waals surface area contributed by atoms with E-state index >= 15 is 0 Å². The molecule has 1 aromatic carbocycles. The van der Waals surface area contributed by atoms with Crippen molar-refractivity contribution in [2.24, 2.45) is 5.73 Å². The van der Waals surface area contributed by atoms with Crippen molar-refractivity contribution >= 4 is 34.5 Å². The average Bonchev–Trinajstić information content (AvgIpc) is 3.45. The van der Waals surface area contributed by atoms with Gasteiger partial charge >= 0.3 is 0 Å². The van der Waals surface area contributed by atoms with Gasteiger partial charge in [-0.1, -0.05) is 11.2 Å². The Morgan fingerprint density at radius 1 is 1.20 bits per heavy atom. The van der Waals surface area contributed by atoms with Gasteiger partial charge in [-0.05, 0) is 48.9 Å². The van der Waals surface area contributed by atoms with Crippen LogP contribution < -0.4 is 16.0 Å². The summed E-state index contributed by atoms with van der Waals surface area (Å²) in [5.41, 5.74) is 7.30. The highest BCUT2D eigenvalue weighted by Crippen LogP contribution is 2.30. The number of carbonyl (C=O) groups is 2. The van der Waals surface area contributed by atoms with E-state index in [-0.39, 0.29) is 12.3 Å². The Labute approximate surface area is 178 Å². The molecule has 0 aliphatic carbocycles. The van der Waals surface area contributed by atoms with Crippen molar-refractivity contribution in [2.45, 2.75) is 32.1 Å². The summed E-state index contributed by atoms with van der Waals surface area (Å²) in [6, 6.07) is 9.04. The van der Waals surface area contributed by atoms with Crippen LogP contribution in [0.5, 0.6) is 0 Å². The molecule has 0 saturated carbocycles. The van der Waals surface area contributed by atoms with Gasteiger partial charge in [0.15, 0.2) is 0 Å². The van der Waals surface area contributed by atoms with Crippen LogP contribution >= 0.6 is 11.3 Å². The molecule has 0 bridgehead atoms. The van der Waals surface area contributed by atoms with Gasteiger partial charge in [0.2, 0.25) is 23.5 Å². The maximum atomic E-state index is 12.6. The van der Waals surface area contributed by atoms with Crippen LogP contribution in [0.4, 0.5) is 11.4 Å². The molecule has 2 aromatic heterocycles. The summed E-state index contributed by atoms with van der Waals surface area (Å²) in [4.78, 5) is 31.7. The number of piperidine rings is 1. The van der Waals surface area contributed by atoms with Crippen LogP contribution in [0.1, 0.15) is 41.9 Å². The smallest absolute Gasteiger partial charge is 0.248 e. The molecule has 0 atom stereocenters. The van der Waals surface area contributed by atoms with Crippen molar-refractivity contribution in [1.29, 1.82) is 0 Å². The van der Waals surface area contributed by atoms with E-state index in [9.17, 15) is 9.59 Å². The number of anilines is 2. The number of aryl methyl sites for hydroxylation is 1. The van der Waals surface area contributed by atoms with E-state index in [2.05, 4.69) is 20.4 Å². The number of hydrogen-bond acceptors (Lipinski definition) is 7. The van der Waals surface area contributed by atoms with Gasteiger partial charge in [-0.25, -0.2) is 0 Å². The predicted octanol–water partition coefficient (Wildman–Crippen LogP) is 3.46. The Morgan fingerprint density at radius 3 is 2.77 bits per heavy atom. The Kier molecular flexibility index (Phi) is 6.08. The molecule has 4 rings (SSSR count). The molecule has 0 unspecified atom stereocenters. The number of benzene rings is 1. The number of hydrogen-bond donors (Lipinski definition) is 2. The maximum Gasteiger partial charge on any atom is 0.248 e. The molecule has 1 fully saturated rings. The number of carbonyl (C=O) groups excluding carboxylic acids is 2. The van der Waals surface area contributed by atoms with E-state index in [1.165, 1.54) is 17.8 Å². The second kappa shape index (κ2) is 9.08. The lowest BCUT2D eigenvalue weighted by Crippen LogP contribution is -2.30. The molecular formula is C21H23N5O3S. The first-order valence-electron chi connectivity index (χ1n) is 9.95. The zero-order chi connectivity index (χ0) is 20.9. The third kappa shape index (κ3) is 4.68. The summed E-state index contributed by atoms with van der Waals surface area (Å²) >= 11 is 1.53. The molecule has 1 saturated heterocycles. The lowest BCUT2D eigenvalue weighted by molar-refractivity contribution is -0.116. The first kappa shape index (κ1) is 20.1. The average molecular weight is 426 g/mol. The first-order chi connectivity index (χ1) is 14.6. The fourth-order valence-corrected chi connectivity index (χ4v) is 4.14. The van der Waals surface area contributed by atoms with E-state index in [0.717, 1.165) is 36.5 Å². The number of primary amides is 1. The standard InChI is InChI=1S/C21H23N5O3S/c22-20(28)14-6-7-16(26-10-2-1-3-11-26)15(13-14)23-18(27)8-9-19-24-21(25-29-19)17-5-4-12-30-17/h4-7,12-13H,1-3,8-11H2,(H2,22,28)(H,23,27). The van der Waals surface area contributed by atoms with E-state index in [1.807, 2.05) is 23.6 Å². The summed E-state index contributed by atoms with van der Waals surface area (Å²) in [6.45, 7) is 1.85. The largest absolute Gasteiger partial charge is 0.370 e. The number of nitrogens with one attached hydrogen (secondary N) is 1. The van der Waals surface area contributed by atoms with Crippen molar-refractivity contribution in [1.82, 2.24) is 10.1 Å². The van der Waals surface area contributed by atoms with Gasteiger partial charge in [-0.3, -0.25) is 9.59 Å².